The fraction of sp³-hybridized carbons (Fsp3) is 0.533. The zero-order valence-corrected chi connectivity index (χ0v) is 13.4. The minimum absolute atomic E-state index is 0. The Labute approximate surface area is 140 Å². The van der Waals surface area contributed by atoms with E-state index in [0.29, 0.717) is 12.2 Å². The van der Waals surface area contributed by atoms with Gasteiger partial charge in [0, 0.05) is 25.3 Å². The number of rotatable bonds is 5. The molecule has 0 unspecified atom stereocenters. The first-order chi connectivity index (χ1) is 10.5. The van der Waals surface area contributed by atoms with Gasteiger partial charge in [-0.2, -0.15) is 8.78 Å². The summed E-state index contributed by atoms with van der Waals surface area (Å²) in [6, 6.07) is 6.00. The molecule has 0 aromatic heterocycles. The normalized spacial score (nSPS) is 25.8. The Morgan fingerprint density at radius 2 is 1.74 bits per heavy atom. The van der Waals surface area contributed by atoms with Crippen molar-refractivity contribution >= 4 is 11.6 Å². The van der Waals surface area contributed by atoms with E-state index in [-0.39, 0.29) is 24.1 Å². The molecule has 1 aromatic rings. The van der Waals surface area contributed by atoms with Gasteiger partial charge in [-0.15, -0.1) is 0 Å². The van der Waals surface area contributed by atoms with E-state index in [9.17, 15) is 13.6 Å². The van der Waals surface area contributed by atoms with E-state index in [1.54, 1.807) is 12.1 Å². The molecule has 8 heteroatoms. The molecule has 3 saturated heterocycles. The Morgan fingerprint density at radius 1 is 1.17 bits per heavy atom. The molecule has 0 spiro atoms. The first kappa shape index (κ1) is 17.9. The lowest BCUT2D eigenvalue weighted by Gasteiger charge is -2.50. The number of ether oxygens (including phenoxy) is 1. The minimum atomic E-state index is -2.84. The smallest absolute Gasteiger partial charge is 0.387 e. The number of benzene rings is 1. The summed E-state index contributed by atoms with van der Waals surface area (Å²) in [5, 5.41) is 2.83. The Balaban J connectivity index is 0.00000192. The lowest BCUT2D eigenvalue weighted by Crippen LogP contribution is -3.00. The van der Waals surface area contributed by atoms with Crippen LogP contribution in [0.15, 0.2) is 24.3 Å². The molecule has 4 rings (SSSR count). The number of halogens is 3. The minimum Gasteiger partial charge on any atom is -1.00 e. The number of anilines is 1. The molecule has 3 aliphatic rings. The molecule has 5 nitrogen and oxygen atoms in total. The topological polar surface area (TPSA) is 41.6 Å². The van der Waals surface area contributed by atoms with Crippen LogP contribution in [-0.2, 0) is 4.79 Å². The Morgan fingerprint density at radius 3 is 2.26 bits per heavy atom. The van der Waals surface area contributed by atoms with Crippen LogP contribution in [0.25, 0.3) is 0 Å². The molecule has 1 aromatic carbocycles. The number of amides is 1. The summed E-state index contributed by atoms with van der Waals surface area (Å²) in [4.78, 5) is 14.7. The van der Waals surface area contributed by atoms with Crippen molar-refractivity contribution in [2.45, 2.75) is 6.61 Å². The zero-order chi connectivity index (χ0) is 15.6. The van der Waals surface area contributed by atoms with E-state index in [1.165, 1.54) is 12.1 Å². The number of fused-ring (bicyclic) bond motifs is 3. The molecule has 0 saturated carbocycles. The standard InChI is InChI=1S/C15H19F2N3O2.ClH/c16-15(17)22-13-3-1-12(2-4-13)18-14(21)11-20-8-5-19(6-9-20)7-10-20;/h1-4,15H,5-11H2;1H. The monoisotopic (exact) mass is 347 g/mol. The Hall–Kier alpha value is -1.44. The molecule has 3 aliphatic heterocycles. The molecule has 23 heavy (non-hydrogen) atoms. The van der Waals surface area contributed by atoms with Crippen LogP contribution in [0.4, 0.5) is 14.5 Å². The quantitative estimate of drug-likeness (QED) is 0.651. The highest BCUT2D eigenvalue weighted by Crippen LogP contribution is 2.21. The van der Waals surface area contributed by atoms with Gasteiger partial charge in [0.05, 0.1) is 19.6 Å². The van der Waals surface area contributed by atoms with Gasteiger partial charge in [-0.05, 0) is 24.3 Å². The van der Waals surface area contributed by atoms with Crippen LogP contribution >= 0.6 is 0 Å². The molecular weight excluding hydrogens is 328 g/mol. The fourth-order valence-corrected chi connectivity index (χ4v) is 3.19. The van der Waals surface area contributed by atoms with Crippen molar-refractivity contribution in [3.05, 3.63) is 24.3 Å². The van der Waals surface area contributed by atoms with E-state index < -0.39 is 6.61 Å². The van der Waals surface area contributed by atoms with Gasteiger partial charge < -0.3 is 26.9 Å². The third kappa shape index (κ3) is 4.53. The zero-order valence-electron chi connectivity index (χ0n) is 12.7. The lowest BCUT2D eigenvalue weighted by atomic mass is 10.1. The van der Waals surface area contributed by atoms with Gasteiger partial charge in [0.15, 0.2) is 6.54 Å². The number of carbonyl (C=O) groups is 1. The predicted molar refractivity (Wildman–Crippen MR) is 77.9 cm³/mol. The fourth-order valence-electron chi connectivity index (χ4n) is 3.19. The third-order valence-corrected chi connectivity index (χ3v) is 4.51. The van der Waals surface area contributed by atoms with Gasteiger partial charge in [-0.3, -0.25) is 9.69 Å². The highest BCUT2D eigenvalue weighted by atomic mass is 35.5. The lowest BCUT2D eigenvalue weighted by molar-refractivity contribution is -0.933. The van der Waals surface area contributed by atoms with Gasteiger partial charge >= 0.3 is 6.61 Å². The number of alkyl halides is 2. The second-order valence-electron chi connectivity index (χ2n) is 5.96. The van der Waals surface area contributed by atoms with E-state index >= 15 is 0 Å². The number of hydrogen-bond donors (Lipinski definition) is 1. The number of quaternary nitrogens is 1. The van der Waals surface area contributed by atoms with Crippen LogP contribution in [0.2, 0.25) is 0 Å². The van der Waals surface area contributed by atoms with Gasteiger partial charge in [0.25, 0.3) is 5.91 Å². The average Bonchev–Trinajstić information content (AvgIpc) is 2.50. The van der Waals surface area contributed by atoms with Gasteiger partial charge in [-0.1, -0.05) is 0 Å². The highest BCUT2D eigenvalue weighted by Gasteiger charge is 2.39. The van der Waals surface area contributed by atoms with E-state index in [2.05, 4.69) is 15.0 Å². The van der Waals surface area contributed by atoms with Crippen LogP contribution in [-0.4, -0.2) is 67.7 Å². The van der Waals surface area contributed by atoms with Crippen LogP contribution in [0.3, 0.4) is 0 Å². The molecule has 0 radical (unpaired) electrons. The molecule has 128 valence electrons. The number of piperazine rings is 3. The van der Waals surface area contributed by atoms with Crippen LogP contribution in [0, 0.1) is 0 Å². The SMILES string of the molecule is O=C(C[N+]12CCN(CC1)CC2)Nc1ccc(OC(F)F)cc1.[Cl-]. The van der Waals surface area contributed by atoms with Crippen molar-refractivity contribution in [3.63, 3.8) is 0 Å². The number of carbonyl (C=O) groups excluding carboxylic acids is 1. The van der Waals surface area contributed by atoms with Crippen molar-refractivity contribution in [1.82, 2.24) is 4.90 Å². The molecule has 3 heterocycles. The van der Waals surface area contributed by atoms with Crippen LogP contribution in [0.1, 0.15) is 0 Å². The maximum atomic E-state index is 12.2. The van der Waals surface area contributed by atoms with E-state index in [0.717, 1.165) is 43.8 Å². The number of nitrogens with zero attached hydrogens (tertiary/aromatic N) is 2. The van der Waals surface area contributed by atoms with Crippen LogP contribution in [0.5, 0.6) is 5.75 Å². The summed E-state index contributed by atoms with van der Waals surface area (Å²) in [5.74, 6) is 0.0555. The van der Waals surface area contributed by atoms with Crippen molar-refractivity contribution in [2.24, 2.45) is 0 Å². The molecule has 1 N–H and O–H groups in total. The molecule has 0 aliphatic carbocycles. The maximum Gasteiger partial charge on any atom is 0.387 e. The van der Waals surface area contributed by atoms with Crippen LogP contribution < -0.4 is 22.5 Å². The molecule has 1 amide bonds. The van der Waals surface area contributed by atoms with Crippen molar-refractivity contribution in [1.29, 1.82) is 0 Å². The predicted octanol–water partition coefficient (Wildman–Crippen LogP) is -1.62. The average molecular weight is 348 g/mol. The largest absolute Gasteiger partial charge is 1.00 e. The van der Waals surface area contributed by atoms with E-state index in [4.69, 9.17) is 0 Å². The first-order valence-corrected chi connectivity index (χ1v) is 7.47. The maximum absolute atomic E-state index is 12.2. The van der Waals surface area contributed by atoms with Crippen molar-refractivity contribution in [2.75, 3.05) is 51.1 Å². The molecule has 2 bridgehead atoms. The Kier molecular flexibility index (Phi) is 5.78. The molecular formula is C15H20ClF2N3O2. The highest BCUT2D eigenvalue weighted by molar-refractivity contribution is 5.91. The van der Waals surface area contributed by atoms with Gasteiger partial charge in [-0.25, -0.2) is 0 Å². The third-order valence-electron chi connectivity index (χ3n) is 4.51. The van der Waals surface area contributed by atoms with Crippen molar-refractivity contribution < 1.29 is 35.2 Å². The summed E-state index contributed by atoms with van der Waals surface area (Å²) >= 11 is 0. The number of nitrogens with one attached hydrogen (secondary N) is 1. The molecule has 3 fully saturated rings. The summed E-state index contributed by atoms with van der Waals surface area (Å²) < 4.78 is 29.3. The van der Waals surface area contributed by atoms with Crippen molar-refractivity contribution in [3.8, 4) is 5.75 Å². The summed E-state index contributed by atoms with van der Waals surface area (Å²) in [5.41, 5.74) is 0.598. The van der Waals surface area contributed by atoms with Gasteiger partial charge in [0.1, 0.15) is 5.75 Å². The number of hydrogen-bond acceptors (Lipinski definition) is 3. The first-order valence-electron chi connectivity index (χ1n) is 7.47. The summed E-state index contributed by atoms with van der Waals surface area (Å²) in [6.07, 6.45) is 0. The second-order valence-corrected chi connectivity index (χ2v) is 5.96. The summed E-state index contributed by atoms with van der Waals surface area (Å²) in [7, 11) is 0. The second kappa shape index (κ2) is 7.42. The van der Waals surface area contributed by atoms with E-state index in [1.807, 2.05) is 0 Å². The summed E-state index contributed by atoms with van der Waals surface area (Å²) in [6.45, 7) is 3.89. The molecule has 0 atom stereocenters. The van der Waals surface area contributed by atoms with Gasteiger partial charge in [0.2, 0.25) is 0 Å². The Bertz CT molecular complexity index is 520.